The monoisotopic (exact) mass is 296 g/mol. The van der Waals surface area contributed by atoms with Crippen LogP contribution in [0.2, 0.25) is 0 Å². The van der Waals surface area contributed by atoms with E-state index in [1.807, 2.05) is 49.4 Å². The molecule has 3 heteroatoms. The molecule has 1 unspecified atom stereocenters. The number of para-hydroxylation sites is 1. The molecule has 0 aliphatic carbocycles. The van der Waals surface area contributed by atoms with E-state index < -0.39 is 5.97 Å². The van der Waals surface area contributed by atoms with Gasteiger partial charge in [0, 0.05) is 18.1 Å². The van der Waals surface area contributed by atoms with Crippen molar-refractivity contribution < 1.29 is 14.3 Å². The second-order valence-electron chi connectivity index (χ2n) is 4.95. The van der Waals surface area contributed by atoms with E-state index in [-0.39, 0.29) is 6.10 Å². The summed E-state index contributed by atoms with van der Waals surface area (Å²) in [5, 5.41) is 0. The van der Waals surface area contributed by atoms with Gasteiger partial charge in [-0.1, -0.05) is 55.1 Å². The molecule has 2 rings (SSSR count). The van der Waals surface area contributed by atoms with Gasteiger partial charge in [-0.05, 0) is 18.6 Å². The van der Waals surface area contributed by atoms with Gasteiger partial charge >= 0.3 is 5.97 Å². The number of ether oxygens (including phenoxy) is 2. The smallest absolute Gasteiger partial charge is 0.330 e. The molecule has 0 heterocycles. The van der Waals surface area contributed by atoms with Crippen molar-refractivity contribution in [1.29, 1.82) is 0 Å². The standard InChI is InChI=1S/C19H20O3/c1-3-19(20)21-14-13-15(2)22-18-12-8-7-11-17(18)16-9-5-4-6-10-16/h3-12,15H,1,13-14H2,2H3. The minimum Gasteiger partial charge on any atom is -0.490 e. The van der Waals surface area contributed by atoms with Crippen LogP contribution in [0.5, 0.6) is 5.75 Å². The molecule has 1 atom stereocenters. The zero-order chi connectivity index (χ0) is 15.8. The van der Waals surface area contributed by atoms with Gasteiger partial charge < -0.3 is 9.47 Å². The number of carbonyl (C=O) groups excluding carboxylic acids is 1. The van der Waals surface area contributed by atoms with Crippen molar-refractivity contribution in [1.82, 2.24) is 0 Å². The van der Waals surface area contributed by atoms with Crippen LogP contribution in [0.15, 0.2) is 67.3 Å². The average Bonchev–Trinajstić information content (AvgIpc) is 2.56. The highest BCUT2D eigenvalue weighted by molar-refractivity contribution is 5.81. The van der Waals surface area contributed by atoms with E-state index in [4.69, 9.17) is 9.47 Å². The Bertz CT molecular complexity index is 620. The molecule has 0 amide bonds. The maximum absolute atomic E-state index is 11.0. The summed E-state index contributed by atoms with van der Waals surface area (Å²) < 4.78 is 11.0. The Morgan fingerprint density at radius 3 is 2.55 bits per heavy atom. The molecule has 0 fully saturated rings. The topological polar surface area (TPSA) is 35.5 Å². The summed E-state index contributed by atoms with van der Waals surface area (Å²) in [6.07, 6.45) is 1.74. The Morgan fingerprint density at radius 2 is 1.82 bits per heavy atom. The van der Waals surface area contributed by atoms with Gasteiger partial charge in [-0.15, -0.1) is 0 Å². The summed E-state index contributed by atoms with van der Waals surface area (Å²) in [6.45, 7) is 5.65. The highest BCUT2D eigenvalue weighted by Crippen LogP contribution is 2.30. The van der Waals surface area contributed by atoms with Gasteiger partial charge in [0.2, 0.25) is 0 Å². The lowest BCUT2D eigenvalue weighted by atomic mass is 10.0. The van der Waals surface area contributed by atoms with Crippen molar-refractivity contribution in [3.8, 4) is 16.9 Å². The van der Waals surface area contributed by atoms with E-state index >= 15 is 0 Å². The molecule has 0 N–H and O–H groups in total. The van der Waals surface area contributed by atoms with Crippen LogP contribution in [0.3, 0.4) is 0 Å². The molecule has 0 aromatic heterocycles. The number of hydrogen-bond acceptors (Lipinski definition) is 3. The maximum Gasteiger partial charge on any atom is 0.330 e. The fourth-order valence-electron chi connectivity index (χ4n) is 2.09. The molecule has 3 nitrogen and oxygen atoms in total. The molecule has 0 bridgehead atoms. The summed E-state index contributed by atoms with van der Waals surface area (Å²) in [5.41, 5.74) is 2.17. The van der Waals surface area contributed by atoms with Gasteiger partial charge in [-0.25, -0.2) is 4.79 Å². The Labute approximate surface area is 131 Å². The van der Waals surface area contributed by atoms with E-state index in [1.165, 1.54) is 0 Å². The first-order chi connectivity index (χ1) is 10.7. The van der Waals surface area contributed by atoms with Crippen molar-refractivity contribution in [2.45, 2.75) is 19.4 Å². The normalized spacial score (nSPS) is 11.5. The largest absolute Gasteiger partial charge is 0.490 e. The fourth-order valence-corrected chi connectivity index (χ4v) is 2.09. The SMILES string of the molecule is C=CC(=O)OCCC(C)Oc1ccccc1-c1ccccc1. The average molecular weight is 296 g/mol. The number of benzene rings is 2. The van der Waals surface area contributed by atoms with E-state index in [9.17, 15) is 4.79 Å². The van der Waals surface area contributed by atoms with Crippen molar-refractivity contribution in [3.63, 3.8) is 0 Å². The number of hydrogen-bond donors (Lipinski definition) is 0. The lowest BCUT2D eigenvalue weighted by molar-refractivity contribution is -0.138. The Hall–Kier alpha value is -2.55. The molecule has 2 aromatic rings. The van der Waals surface area contributed by atoms with Crippen molar-refractivity contribution in [2.75, 3.05) is 6.61 Å². The maximum atomic E-state index is 11.0. The van der Waals surface area contributed by atoms with Gasteiger partial charge in [0.15, 0.2) is 0 Å². The molecule has 22 heavy (non-hydrogen) atoms. The van der Waals surface area contributed by atoms with Crippen LogP contribution in [-0.2, 0) is 9.53 Å². The molecule has 0 aliphatic heterocycles. The molecule has 0 saturated carbocycles. The summed E-state index contributed by atoms with van der Waals surface area (Å²) in [7, 11) is 0. The van der Waals surface area contributed by atoms with Gasteiger partial charge in [0.05, 0.1) is 12.7 Å². The second kappa shape index (κ2) is 8.03. The summed E-state index contributed by atoms with van der Waals surface area (Å²) in [4.78, 5) is 11.0. The summed E-state index contributed by atoms with van der Waals surface area (Å²) in [6, 6.07) is 18.0. The van der Waals surface area contributed by atoms with Crippen LogP contribution in [0.25, 0.3) is 11.1 Å². The third-order valence-corrected chi connectivity index (χ3v) is 3.24. The van der Waals surface area contributed by atoms with E-state index in [1.54, 1.807) is 0 Å². The number of esters is 1. The Balaban J connectivity index is 2.01. The Morgan fingerprint density at radius 1 is 1.14 bits per heavy atom. The predicted molar refractivity (Wildman–Crippen MR) is 87.7 cm³/mol. The highest BCUT2D eigenvalue weighted by Gasteiger charge is 2.10. The van der Waals surface area contributed by atoms with Crippen LogP contribution < -0.4 is 4.74 Å². The summed E-state index contributed by atoms with van der Waals surface area (Å²) in [5.74, 6) is 0.424. The zero-order valence-electron chi connectivity index (χ0n) is 12.7. The quantitative estimate of drug-likeness (QED) is 0.566. The second-order valence-corrected chi connectivity index (χ2v) is 4.95. The van der Waals surface area contributed by atoms with Crippen LogP contribution in [0, 0.1) is 0 Å². The number of carbonyl (C=O) groups is 1. The molecular weight excluding hydrogens is 276 g/mol. The van der Waals surface area contributed by atoms with E-state index in [2.05, 4.69) is 18.7 Å². The Kier molecular flexibility index (Phi) is 5.78. The van der Waals surface area contributed by atoms with Gasteiger partial charge in [-0.2, -0.15) is 0 Å². The first-order valence-electron chi connectivity index (χ1n) is 7.31. The van der Waals surface area contributed by atoms with Crippen LogP contribution in [-0.4, -0.2) is 18.7 Å². The lowest BCUT2D eigenvalue weighted by Crippen LogP contribution is -2.16. The van der Waals surface area contributed by atoms with Crippen molar-refractivity contribution >= 4 is 5.97 Å². The minimum absolute atomic E-state index is 0.0533. The molecule has 2 aromatic carbocycles. The fraction of sp³-hybridized carbons (Fsp3) is 0.211. The first kappa shape index (κ1) is 15.8. The molecule has 0 spiro atoms. The van der Waals surface area contributed by atoms with Crippen LogP contribution in [0.4, 0.5) is 0 Å². The van der Waals surface area contributed by atoms with E-state index in [0.29, 0.717) is 13.0 Å². The third kappa shape index (κ3) is 4.48. The van der Waals surface area contributed by atoms with Gasteiger partial charge in [0.1, 0.15) is 5.75 Å². The van der Waals surface area contributed by atoms with E-state index in [0.717, 1.165) is 23.0 Å². The lowest BCUT2D eigenvalue weighted by Gasteiger charge is -2.17. The first-order valence-corrected chi connectivity index (χ1v) is 7.31. The number of rotatable bonds is 7. The highest BCUT2D eigenvalue weighted by atomic mass is 16.5. The third-order valence-electron chi connectivity index (χ3n) is 3.24. The summed E-state index contributed by atoms with van der Waals surface area (Å²) >= 11 is 0. The van der Waals surface area contributed by atoms with Crippen LogP contribution >= 0.6 is 0 Å². The minimum atomic E-state index is -0.406. The molecular formula is C19H20O3. The molecule has 0 aliphatic rings. The van der Waals surface area contributed by atoms with Crippen molar-refractivity contribution in [3.05, 3.63) is 67.3 Å². The molecule has 114 valence electrons. The van der Waals surface area contributed by atoms with Crippen molar-refractivity contribution in [2.24, 2.45) is 0 Å². The van der Waals surface area contributed by atoms with Gasteiger partial charge in [-0.3, -0.25) is 0 Å². The molecule has 0 saturated heterocycles. The van der Waals surface area contributed by atoms with Gasteiger partial charge in [0.25, 0.3) is 0 Å². The predicted octanol–water partition coefficient (Wildman–Crippen LogP) is 4.24. The van der Waals surface area contributed by atoms with Crippen LogP contribution in [0.1, 0.15) is 13.3 Å². The zero-order valence-corrected chi connectivity index (χ0v) is 12.7. The molecule has 0 radical (unpaired) electrons.